The Kier molecular flexibility index (Phi) is 7.72. The van der Waals surface area contributed by atoms with Crippen molar-refractivity contribution in [3.05, 3.63) is 11.6 Å². The van der Waals surface area contributed by atoms with Gasteiger partial charge in [-0.1, -0.05) is 6.08 Å². The number of hydrogen-bond donors (Lipinski definition) is 0. The molecule has 0 unspecified atom stereocenters. The summed E-state index contributed by atoms with van der Waals surface area (Å²) in [4.78, 5) is 21.7. The molecule has 0 aliphatic heterocycles. The molecule has 0 saturated heterocycles. The quantitative estimate of drug-likeness (QED) is 0.304. The van der Waals surface area contributed by atoms with E-state index in [0.29, 0.717) is 18.6 Å². The number of halogens is 1. The molecule has 0 heterocycles. The molecule has 0 bridgehead atoms. The highest BCUT2D eigenvalue weighted by Crippen LogP contribution is 1.99. The van der Waals surface area contributed by atoms with Crippen molar-refractivity contribution in [2.75, 3.05) is 19.1 Å². The third-order valence-corrected chi connectivity index (χ3v) is 1.76. The zero-order chi connectivity index (χ0) is 11.7. The van der Waals surface area contributed by atoms with Crippen molar-refractivity contribution in [2.45, 2.75) is 20.3 Å². The Balaban J connectivity index is 3.76. The van der Waals surface area contributed by atoms with Crippen LogP contribution in [0.2, 0.25) is 0 Å². The fraction of sp³-hybridized carbons (Fsp3) is 0.600. The van der Waals surface area contributed by atoms with Gasteiger partial charge in [-0.15, -0.1) is 11.6 Å². The van der Waals surface area contributed by atoms with Crippen molar-refractivity contribution in [3.8, 4) is 0 Å². The maximum atomic E-state index is 11.1. The van der Waals surface area contributed by atoms with E-state index in [-0.39, 0.29) is 18.5 Å². The summed E-state index contributed by atoms with van der Waals surface area (Å²) in [6, 6.07) is 0. The lowest BCUT2D eigenvalue weighted by Gasteiger charge is -2.02. The first-order valence-electron chi connectivity index (χ1n) is 4.67. The zero-order valence-corrected chi connectivity index (χ0v) is 9.67. The molecule has 0 aromatic heterocycles. The fourth-order valence-corrected chi connectivity index (χ4v) is 0.892. The molecule has 5 heteroatoms. The van der Waals surface area contributed by atoms with E-state index < -0.39 is 5.97 Å². The standard InChI is InChI=1S/C10H15ClO4/c1-3-14-10(13)8(2)5-4-6-15-9(12)7-11/h5H,3-4,6-7H2,1-2H3. The van der Waals surface area contributed by atoms with Gasteiger partial charge in [0.05, 0.1) is 13.2 Å². The molecule has 4 nitrogen and oxygen atoms in total. The van der Waals surface area contributed by atoms with Crippen LogP contribution >= 0.6 is 11.6 Å². The Labute approximate surface area is 94.2 Å². The second-order valence-corrected chi connectivity index (χ2v) is 3.02. The van der Waals surface area contributed by atoms with Crippen molar-refractivity contribution in [1.29, 1.82) is 0 Å². The highest BCUT2D eigenvalue weighted by Gasteiger charge is 2.03. The molecule has 15 heavy (non-hydrogen) atoms. The lowest BCUT2D eigenvalue weighted by atomic mass is 10.2. The van der Waals surface area contributed by atoms with E-state index >= 15 is 0 Å². The van der Waals surface area contributed by atoms with E-state index in [1.54, 1.807) is 19.9 Å². The predicted molar refractivity (Wildman–Crippen MR) is 56.7 cm³/mol. The Morgan fingerprint density at radius 2 is 2.00 bits per heavy atom. The Bertz CT molecular complexity index is 248. The van der Waals surface area contributed by atoms with E-state index in [9.17, 15) is 9.59 Å². The summed E-state index contributed by atoms with van der Waals surface area (Å²) in [6.45, 7) is 3.97. The van der Waals surface area contributed by atoms with Gasteiger partial charge in [0.25, 0.3) is 0 Å². The number of hydrogen-bond acceptors (Lipinski definition) is 4. The highest BCUT2D eigenvalue weighted by atomic mass is 35.5. The molecule has 0 spiro atoms. The van der Waals surface area contributed by atoms with E-state index in [4.69, 9.17) is 21.1 Å². The van der Waals surface area contributed by atoms with E-state index in [1.807, 2.05) is 0 Å². The predicted octanol–water partition coefficient (Wildman–Crippen LogP) is 1.67. The molecular formula is C10H15ClO4. The van der Waals surface area contributed by atoms with E-state index in [2.05, 4.69) is 0 Å². The van der Waals surface area contributed by atoms with Gasteiger partial charge >= 0.3 is 11.9 Å². The van der Waals surface area contributed by atoms with Crippen LogP contribution in [0.15, 0.2) is 11.6 Å². The molecule has 0 aliphatic rings. The molecule has 0 rings (SSSR count). The molecule has 86 valence electrons. The van der Waals surface area contributed by atoms with Gasteiger partial charge in [-0.3, -0.25) is 4.79 Å². The number of alkyl halides is 1. The Morgan fingerprint density at radius 3 is 2.53 bits per heavy atom. The maximum absolute atomic E-state index is 11.1. The lowest BCUT2D eigenvalue weighted by Crippen LogP contribution is -2.08. The third-order valence-electron chi connectivity index (χ3n) is 1.54. The van der Waals surface area contributed by atoms with Gasteiger partial charge in [0.2, 0.25) is 0 Å². The minimum absolute atomic E-state index is 0.152. The van der Waals surface area contributed by atoms with Gasteiger partial charge in [-0.2, -0.15) is 0 Å². The van der Waals surface area contributed by atoms with Crippen LogP contribution in [0.5, 0.6) is 0 Å². The van der Waals surface area contributed by atoms with E-state index in [0.717, 1.165) is 0 Å². The molecule has 0 fully saturated rings. The highest BCUT2D eigenvalue weighted by molar-refractivity contribution is 6.26. The van der Waals surface area contributed by atoms with Crippen LogP contribution in [0, 0.1) is 0 Å². The Morgan fingerprint density at radius 1 is 1.33 bits per heavy atom. The van der Waals surface area contributed by atoms with Crippen LogP contribution in [0.1, 0.15) is 20.3 Å². The van der Waals surface area contributed by atoms with Crippen LogP contribution in [-0.4, -0.2) is 31.0 Å². The minimum atomic E-state index is -0.459. The lowest BCUT2D eigenvalue weighted by molar-refractivity contribution is -0.140. The maximum Gasteiger partial charge on any atom is 0.333 e. The average molecular weight is 235 g/mol. The van der Waals surface area contributed by atoms with Gasteiger partial charge in [-0.05, 0) is 13.8 Å². The number of ether oxygens (including phenoxy) is 2. The summed E-state index contributed by atoms with van der Waals surface area (Å²) in [6.07, 6.45) is 2.15. The fourth-order valence-electron chi connectivity index (χ4n) is 0.815. The van der Waals surface area contributed by atoms with Gasteiger partial charge in [0.1, 0.15) is 5.88 Å². The van der Waals surface area contributed by atoms with Crippen molar-refractivity contribution >= 4 is 23.5 Å². The summed E-state index contributed by atoms with van der Waals surface area (Å²) in [5.41, 5.74) is 0.513. The van der Waals surface area contributed by atoms with Crippen LogP contribution in [0.4, 0.5) is 0 Å². The molecule has 0 aromatic carbocycles. The first kappa shape index (κ1) is 14.0. The number of carbonyl (C=O) groups excluding carboxylic acids is 2. The third kappa shape index (κ3) is 6.96. The van der Waals surface area contributed by atoms with Gasteiger partial charge in [-0.25, -0.2) is 4.79 Å². The smallest absolute Gasteiger partial charge is 0.333 e. The van der Waals surface area contributed by atoms with Crippen molar-refractivity contribution < 1.29 is 19.1 Å². The molecule has 0 N–H and O–H groups in total. The number of esters is 2. The molecular weight excluding hydrogens is 220 g/mol. The number of rotatable bonds is 6. The van der Waals surface area contributed by atoms with Crippen LogP contribution in [0.25, 0.3) is 0 Å². The average Bonchev–Trinajstić information content (AvgIpc) is 2.23. The monoisotopic (exact) mass is 234 g/mol. The minimum Gasteiger partial charge on any atom is -0.464 e. The summed E-state index contributed by atoms with van der Waals surface area (Å²) in [5.74, 6) is -0.958. The second kappa shape index (κ2) is 8.29. The molecule has 0 atom stereocenters. The van der Waals surface area contributed by atoms with E-state index in [1.165, 1.54) is 0 Å². The van der Waals surface area contributed by atoms with Crippen LogP contribution in [-0.2, 0) is 19.1 Å². The molecule has 0 saturated carbocycles. The molecule has 0 aromatic rings. The Hall–Kier alpha value is -1.03. The summed E-state index contributed by atoms with van der Waals surface area (Å²) in [7, 11) is 0. The topological polar surface area (TPSA) is 52.6 Å². The number of carbonyl (C=O) groups is 2. The molecule has 0 amide bonds. The normalized spacial score (nSPS) is 11.0. The van der Waals surface area contributed by atoms with Gasteiger partial charge < -0.3 is 9.47 Å². The van der Waals surface area contributed by atoms with Crippen molar-refractivity contribution in [2.24, 2.45) is 0 Å². The van der Waals surface area contributed by atoms with Crippen LogP contribution in [0.3, 0.4) is 0 Å². The SMILES string of the molecule is CCOC(=O)C(C)=CCCOC(=O)CCl. The summed E-state index contributed by atoms with van der Waals surface area (Å²) >= 11 is 5.22. The van der Waals surface area contributed by atoms with Crippen molar-refractivity contribution in [1.82, 2.24) is 0 Å². The molecule has 0 radical (unpaired) electrons. The first-order chi connectivity index (χ1) is 7.11. The van der Waals surface area contributed by atoms with Gasteiger partial charge in [0, 0.05) is 12.0 Å². The van der Waals surface area contributed by atoms with Gasteiger partial charge in [0.15, 0.2) is 0 Å². The van der Waals surface area contributed by atoms with Crippen LogP contribution < -0.4 is 0 Å². The van der Waals surface area contributed by atoms with Crippen molar-refractivity contribution in [3.63, 3.8) is 0 Å². The zero-order valence-electron chi connectivity index (χ0n) is 8.92. The molecule has 0 aliphatic carbocycles. The largest absolute Gasteiger partial charge is 0.464 e. The summed E-state index contributed by atoms with van der Waals surface area (Å²) < 4.78 is 9.48. The summed E-state index contributed by atoms with van der Waals surface area (Å²) in [5, 5.41) is 0. The first-order valence-corrected chi connectivity index (χ1v) is 5.20. The second-order valence-electron chi connectivity index (χ2n) is 2.75.